The van der Waals surface area contributed by atoms with Gasteiger partial charge in [-0.3, -0.25) is 0 Å². The summed E-state index contributed by atoms with van der Waals surface area (Å²) in [4.78, 5) is 0. The molecule has 0 aliphatic carbocycles. The van der Waals surface area contributed by atoms with Crippen molar-refractivity contribution in [2.45, 2.75) is 39.9 Å². The van der Waals surface area contributed by atoms with Gasteiger partial charge in [-0.25, -0.2) is 4.63 Å². The maximum atomic E-state index is 4.76. The summed E-state index contributed by atoms with van der Waals surface area (Å²) in [6.07, 6.45) is 2.08. The Morgan fingerprint density at radius 2 is 2.10 bits per heavy atom. The number of rotatable bonds is 5. The van der Waals surface area contributed by atoms with Crippen molar-refractivity contribution < 1.29 is 4.63 Å². The van der Waals surface area contributed by atoms with Gasteiger partial charge in [0, 0.05) is 24.3 Å². The highest BCUT2D eigenvalue weighted by Crippen LogP contribution is 2.19. The summed E-state index contributed by atoms with van der Waals surface area (Å²) >= 11 is 0. The fraction of sp³-hybridized carbons (Fsp3) is 0.375. The fourth-order valence-corrected chi connectivity index (χ4v) is 2.37. The Balaban J connectivity index is 1.84. The van der Waals surface area contributed by atoms with Crippen LogP contribution in [0.15, 0.2) is 35.1 Å². The van der Waals surface area contributed by atoms with Crippen LogP contribution in [0.5, 0.6) is 0 Å². The van der Waals surface area contributed by atoms with Gasteiger partial charge < -0.3 is 9.88 Å². The van der Waals surface area contributed by atoms with Gasteiger partial charge in [0.2, 0.25) is 0 Å². The molecule has 0 amide bonds. The topological polar surface area (TPSA) is 55.9 Å². The molecule has 2 heterocycles. The van der Waals surface area contributed by atoms with E-state index in [-0.39, 0.29) is 0 Å². The lowest BCUT2D eigenvalue weighted by Gasteiger charge is -2.09. The number of aryl methyl sites for hydroxylation is 1. The van der Waals surface area contributed by atoms with Crippen LogP contribution in [0, 0.1) is 6.92 Å². The maximum Gasteiger partial charge on any atom is 0.127 e. The van der Waals surface area contributed by atoms with Gasteiger partial charge in [0.25, 0.3) is 0 Å². The van der Waals surface area contributed by atoms with E-state index in [1.807, 2.05) is 6.92 Å². The first-order chi connectivity index (χ1) is 10.1. The molecule has 0 fully saturated rings. The number of fused-ring (bicyclic) bond motifs is 1. The highest BCUT2D eigenvalue weighted by molar-refractivity contribution is 5.81. The molecule has 0 atom stereocenters. The predicted octanol–water partition coefficient (Wildman–Crippen LogP) is 2.88. The molecule has 0 aliphatic rings. The van der Waals surface area contributed by atoms with Gasteiger partial charge in [0.15, 0.2) is 0 Å². The van der Waals surface area contributed by atoms with E-state index in [1.165, 1.54) is 16.5 Å². The molecule has 1 N–H and O–H groups in total. The van der Waals surface area contributed by atoms with E-state index < -0.39 is 0 Å². The van der Waals surface area contributed by atoms with Crippen molar-refractivity contribution in [3.05, 3.63) is 47.4 Å². The number of aromatic nitrogens is 3. The van der Waals surface area contributed by atoms with E-state index in [9.17, 15) is 0 Å². The van der Waals surface area contributed by atoms with E-state index in [0.29, 0.717) is 12.6 Å². The summed E-state index contributed by atoms with van der Waals surface area (Å²) in [6, 6.07) is 9.19. The lowest BCUT2D eigenvalue weighted by Crippen LogP contribution is -2.21. The lowest BCUT2D eigenvalue weighted by molar-refractivity contribution is 0.300. The lowest BCUT2D eigenvalue weighted by atomic mass is 10.1. The molecular formula is C16H20N4O. The molecule has 0 saturated carbocycles. The molecule has 5 heteroatoms. The minimum Gasteiger partial charge on any atom is -0.341 e. The van der Waals surface area contributed by atoms with Crippen LogP contribution in [0.4, 0.5) is 0 Å². The molecule has 1 aromatic carbocycles. The van der Waals surface area contributed by atoms with Crippen LogP contribution in [0.2, 0.25) is 0 Å². The molecular weight excluding hydrogens is 264 g/mol. The Bertz CT molecular complexity index is 742. The van der Waals surface area contributed by atoms with Crippen LogP contribution < -0.4 is 5.32 Å². The first kappa shape index (κ1) is 13.8. The van der Waals surface area contributed by atoms with Gasteiger partial charge in [-0.15, -0.1) is 0 Å². The van der Waals surface area contributed by atoms with Gasteiger partial charge in [-0.05, 0) is 36.1 Å². The Labute approximate surface area is 123 Å². The monoisotopic (exact) mass is 284 g/mol. The zero-order valence-electron chi connectivity index (χ0n) is 12.6. The van der Waals surface area contributed by atoms with Crippen LogP contribution in [0.3, 0.4) is 0 Å². The van der Waals surface area contributed by atoms with Crippen LogP contribution in [0.25, 0.3) is 10.9 Å². The number of hydrogen-bond donors (Lipinski definition) is 1. The van der Waals surface area contributed by atoms with Crippen molar-refractivity contribution in [3.8, 4) is 0 Å². The molecule has 0 radical (unpaired) electrons. The summed E-state index contributed by atoms with van der Waals surface area (Å²) in [5.74, 6) is 0. The minimum atomic E-state index is 0.493. The Morgan fingerprint density at radius 1 is 1.24 bits per heavy atom. The Kier molecular flexibility index (Phi) is 3.75. The van der Waals surface area contributed by atoms with Crippen LogP contribution >= 0.6 is 0 Å². The van der Waals surface area contributed by atoms with Gasteiger partial charge >= 0.3 is 0 Å². The third kappa shape index (κ3) is 2.97. The normalized spacial score (nSPS) is 11.6. The summed E-state index contributed by atoms with van der Waals surface area (Å²) < 4.78 is 6.93. The second-order valence-electron chi connectivity index (χ2n) is 5.67. The van der Waals surface area contributed by atoms with Crippen molar-refractivity contribution in [2.75, 3.05) is 0 Å². The summed E-state index contributed by atoms with van der Waals surface area (Å²) in [5.41, 5.74) is 4.21. The zero-order valence-corrected chi connectivity index (χ0v) is 12.6. The highest BCUT2D eigenvalue weighted by Gasteiger charge is 2.08. The van der Waals surface area contributed by atoms with Crippen molar-refractivity contribution in [3.63, 3.8) is 0 Å². The van der Waals surface area contributed by atoms with Crippen molar-refractivity contribution in [2.24, 2.45) is 0 Å². The number of hydrogen-bond acceptors (Lipinski definition) is 4. The molecule has 110 valence electrons. The van der Waals surface area contributed by atoms with E-state index in [4.69, 9.17) is 4.63 Å². The molecule has 0 bridgehead atoms. The first-order valence-corrected chi connectivity index (χ1v) is 7.22. The largest absolute Gasteiger partial charge is 0.341 e. The Morgan fingerprint density at radius 3 is 2.81 bits per heavy atom. The Hall–Kier alpha value is -2.14. The molecule has 0 aliphatic heterocycles. The van der Waals surface area contributed by atoms with E-state index >= 15 is 0 Å². The molecule has 0 saturated heterocycles. The quantitative estimate of drug-likeness (QED) is 0.782. The van der Waals surface area contributed by atoms with E-state index in [2.05, 4.69) is 64.5 Å². The molecule has 3 rings (SSSR count). The van der Waals surface area contributed by atoms with Gasteiger partial charge in [-0.1, -0.05) is 30.2 Å². The average molecular weight is 284 g/mol. The SMILES string of the molecule is Cc1nonc1Cn1ccc2cc(CNC(C)C)ccc21. The molecule has 0 spiro atoms. The standard InChI is InChI=1S/C16H20N4O/c1-11(2)17-9-13-4-5-16-14(8-13)6-7-20(16)10-15-12(3)18-21-19-15/h4-8,11,17H,9-10H2,1-3H3. The smallest absolute Gasteiger partial charge is 0.127 e. The van der Waals surface area contributed by atoms with Gasteiger partial charge in [0.05, 0.1) is 6.54 Å². The number of benzene rings is 1. The third-order valence-corrected chi connectivity index (χ3v) is 3.62. The number of nitrogens with zero attached hydrogens (tertiary/aromatic N) is 3. The summed E-state index contributed by atoms with van der Waals surface area (Å²) in [7, 11) is 0. The molecule has 5 nitrogen and oxygen atoms in total. The molecule has 2 aromatic heterocycles. The van der Waals surface area contributed by atoms with Gasteiger partial charge in [0.1, 0.15) is 11.4 Å². The van der Waals surface area contributed by atoms with Crippen molar-refractivity contribution in [1.82, 2.24) is 20.2 Å². The number of nitrogens with one attached hydrogen (secondary N) is 1. The zero-order chi connectivity index (χ0) is 14.8. The second-order valence-corrected chi connectivity index (χ2v) is 5.67. The highest BCUT2D eigenvalue weighted by atomic mass is 16.6. The average Bonchev–Trinajstić information content (AvgIpc) is 3.04. The first-order valence-electron chi connectivity index (χ1n) is 7.22. The van der Waals surface area contributed by atoms with Crippen LogP contribution in [-0.4, -0.2) is 20.9 Å². The summed E-state index contributed by atoms with van der Waals surface area (Å²) in [5, 5.41) is 12.5. The van der Waals surface area contributed by atoms with Crippen LogP contribution in [0.1, 0.15) is 30.8 Å². The van der Waals surface area contributed by atoms with Crippen molar-refractivity contribution >= 4 is 10.9 Å². The predicted molar refractivity (Wildman–Crippen MR) is 82.1 cm³/mol. The fourth-order valence-electron chi connectivity index (χ4n) is 2.37. The van der Waals surface area contributed by atoms with Crippen LogP contribution in [-0.2, 0) is 13.1 Å². The minimum absolute atomic E-state index is 0.493. The summed E-state index contributed by atoms with van der Waals surface area (Å²) in [6.45, 7) is 7.80. The van der Waals surface area contributed by atoms with Gasteiger partial charge in [-0.2, -0.15) is 0 Å². The molecule has 21 heavy (non-hydrogen) atoms. The molecule has 3 aromatic rings. The van der Waals surface area contributed by atoms with E-state index in [1.54, 1.807) is 0 Å². The molecule has 0 unspecified atom stereocenters. The third-order valence-electron chi connectivity index (χ3n) is 3.62. The second kappa shape index (κ2) is 5.69. The van der Waals surface area contributed by atoms with Crippen molar-refractivity contribution in [1.29, 1.82) is 0 Å². The maximum absolute atomic E-state index is 4.76. The van der Waals surface area contributed by atoms with E-state index in [0.717, 1.165) is 17.9 Å².